The van der Waals surface area contributed by atoms with Crippen molar-refractivity contribution in [2.45, 2.75) is 90.9 Å². The van der Waals surface area contributed by atoms with Gasteiger partial charge >= 0.3 is 5.97 Å². The van der Waals surface area contributed by atoms with Gasteiger partial charge in [-0.15, -0.1) is 0 Å². The third-order valence-corrected chi connectivity index (χ3v) is 3.40. The van der Waals surface area contributed by atoms with Gasteiger partial charge in [0.05, 0.1) is 6.61 Å². The molecule has 0 aromatic rings. The summed E-state index contributed by atoms with van der Waals surface area (Å²) in [6, 6.07) is 0. The van der Waals surface area contributed by atoms with Crippen molar-refractivity contribution in [3.8, 4) is 0 Å². The van der Waals surface area contributed by atoms with E-state index in [9.17, 15) is 4.79 Å². The van der Waals surface area contributed by atoms with Crippen molar-refractivity contribution < 1.29 is 9.53 Å². The lowest BCUT2D eigenvalue weighted by Gasteiger charge is -2.03. The van der Waals surface area contributed by atoms with Gasteiger partial charge in [-0.3, -0.25) is 4.79 Å². The molecule has 0 rings (SSSR count). The molecule has 0 fully saturated rings. The van der Waals surface area contributed by atoms with Gasteiger partial charge in [-0.25, -0.2) is 0 Å². The van der Waals surface area contributed by atoms with Gasteiger partial charge in [0.1, 0.15) is 0 Å². The maximum atomic E-state index is 11.3. The minimum Gasteiger partial charge on any atom is -0.466 e. The topological polar surface area (TPSA) is 26.3 Å². The molecule has 0 heterocycles. The van der Waals surface area contributed by atoms with Crippen LogP contribution >= 0.6 is 0 Å². The van der Waals surface area contributed by atoms with Gasteiger partial charge in [-0.05, 0) is 38.5 Å². The van der Waals surface area contributed by atoms with Crippen LogP contribution in [0, 0.1) is 0 Å². The quantitative estimate of drug-likeness (QED) is 0.228. The smallest absolute Gasteiger partial charge is 0.305 e. The molecule has 0 aromatic heterocycles. The molecular formula is C18H34O2. The Morgan fingerprint density at radius 1 is 0.800 bits per heavy atom. The molecule has 0 aliphatic carbocycles. The summed E-state index contributed by atoms with van der Waals surface area (Å²) < 4.78 is 5.12. The Labute approximate surface area is 126 Å². The maximum absolute atomic E-state index is 11.3. The third-order valence-electron chi connectivity index (χ3n) is 3.40. The van der Waals surface area contributed by atoms with E-state index in [0.717, 1.165) is 25.7 Å². The molecule has 0 atom stereocenters. The zero-order chi connectivity index (χ0) is 14.9. The van der Waals surface area contributed by atoms with E-state index in [1.165, 1.54) is 44.9 Å². The first-order valence-electron chi connectivity index (χ1n) is 8.61. The van der Waals surface area contributed by atoms with Crippen molar-refractivity contribution in [3.05, 3.63) is 12.2 Å². The average molecular weight is 282 g/mol. The summed E-state index contributed by atoms with van der Waals surface area (Å²) >= 11 is 0. The van der Waals surface area contributed by atoms with E-state index in [2.05, 4.69) is 26.0 Å². The zero-order valence-corrected chi connectivity index (χ0v) is 13.7. The standard InChI is InChI=1S/C18H34O2/c1-3-5-7-8-9-10-11-12-13-14-15-16-18(19)20-17-6-4-2/h9-10H,3-8,11-17H2,1-2H3/b10-9+. The second-order valence-electron chi connectivity index (χ2n) is 5.49. The fraction of sp³-hybridized carbons (Fsp3) is 0.833. The normalized spacial score (nSPS) is 11.1. The summed E-state index contributed by atoms with van der Waals surface area (Å²) in [4.78, 5) is 11.3. The van der Waals surface area contributed by atoms with Gasteiger partial charge in [0.25, 0.3) is 0 Å². The van der Waals surface area contributed by atoms with Crippen LogP contribution in [0.4, 0.5) is 0 Å². The van der Waals surface area contributed by atoms with Gasteiger partial charge < -0.3 is 4.74 Å². The van der Waals surface area contributed by atoms with E-state index >= 15 is 0 Å². The number of hydrogen-bond acceptors (Lipinski definition) is 2. The van der Waals surface area contributed by atoms with Gasteiger partial charge in [0.2, 0.25) is 0 Å². The van der Waals surface area contributed by atoms with E-state index in [-0.39, 0.29) is 5.97 Å². The second-order valence-corrected chi connectivity index (χ2v) is 5.49. The summed E-state index contributed by atoms with van der Waals surface area (Å²) in [6.45, 7) is 4.94. The molecule has 20 heavy (non-hydrogen) atoms. The van der Waals surface area contributed by atoms with Crippen LogP contribution in [0.1, 0.15) is 90.9 Å². The van der Waals surface area contributed by atoms with Gasteiger partial charge in [-0.1, -0.05) is 58.1 Å². The number of allylic oxidation sites excluding steroid dienone is 2. The Morgan fingerprint density at radius 2 is 1.40 bits per heavy atom. The first-order chi connectivity index (χ1) is 9.81. The van der Waals surface area contributed by atoms with Gasteiger partial charge in [0.15, 0.2) is 0 Å². The average Bonchev–Trinajstić information content (AvgIpc) is 2.45. The molecule has 0 unspecified atom stereocenters. The highest BCUT2D eigenvalue weighted by Gasteiger charge is 2.01. The van der Waals surface area contributed by atoms with Crippen LogP contribution < -0.4 is 0 Å². The number of carbonyl (C=O) groups is 1. The number of ether oxygens (including phenoxy) is 1. The van der Waals surface area contributed by atoms with Crippen LogP contribution in [0.3, 0.4) is 0 Å². The fourth-order valence-corrected chi connectivity index (χ4v) is 2.04. The van der Waals surface area contributed by atoms with Gasteiger partial charge in [0, 0.05) is 6.42 Å². The second kappa shape index (κ2) is 16.3. The molecule has 0 aliphatic rings. The van der Waals surface area contributed by atoms with E-state index in [1.807, 2.05) is 0 Å². The maximum Gasteiger partial charge on any atom is 0.305 e. The van der Waals surface area contributed by atoms with E-state index in [4.69, 9.17) is 4.74 Å². The molecule has 2 nitrogen and oxygen atoms in total. The van der Waals surface area contributed by atoms with Crippen molar-refractivity contribution in [3.63, 3.8) is 0 Å². The SMILES string of the molecule is CCCCC/C=C/CCCCCCC(=O)OCCCC. The molecular weight excluding hydrogens is 248 g/mol. The predicted molar refractivity (Wildman–Crippen MR) is 86.9 cm³/mol. The Hall–Kier alpha value is -0.790. The Balaban J connectivity index is 3.17. The summed E-state index contributed by atoms with van der Waals surface area (Å²) in [5, 5.41) is 0. The highest BCUT2D eigenvalue weighted by atomic mass is 16.5. The Kier molecular flexibility index (Phi) is 15.6. The summed E-state index contributed by atoms with van der Waals surface area (Å²) in [7, 11) is 0. The highest BCUT2D eigenvalue weighted by Crippen LogP contribution is 2.08. The number of carbonyl (C=O) groups excluding carboxylic acids is 1. The van der Waals surface area contributed by atoms with Crippen LogP contribution in [0.25, 0.3) is 0 Å². The highest BCUT2D eigenvalue weighted by molar-refractivity contribution is 5.69. The van der Waals surface area contributed by atoms with Crippen molar-refractivity contribution >= 4 is 5.97 Å². The predicted octanol–water partition coefficient (Wildman–Crippen LogP) is 5.81. The van der Waals surface area contributed by atoms with Crippen LogP contribution in [-0.2, 0) is 9.53 Å². The Morgan fingerprint density at radius 3 is 2.05 bits per heavy atom. The van der Waals surface area contributed by atoms with Crippen molar-refractivity contribution in [2.24, 2.45) is 0 Å². The molecule has 0 saturated carbocycles. The number of unbranched alkanes of at least 4 members (excludes halogenated alkanes) is 8. The largest absolute Gasteiger partial charge is 0.466 e. The van der Waals surface area contributed by atoms with E-state index < -0.39 is 0 Å². The molecule has 0 spiro atoms. The van der Waals surface area contributed by atoms with E-state index in [0.29, 0.717) is 13.0 Å². The van der Waals surface area contributed by atoms with Crippen molar-refractivity contribution in [1.82, 2.24) is 0 Å². The van der Waals surface area contributed by atoms with Crippen LogP contribution in [0.5, 0.6) is 0 Å². The van der Waals surface area contributed by atoms with Crippen LogP contribution in [0.2, 0.25) is 0 Å². The van der Waals surface area contributed by atoms with Crippen LogP contribution in [0.15, 0.2) is 12.2 Å². The van der Waals surface area contributed by atoms with Gasteiger partial charge in [-0.2, -0.15) is 0 Å². The first kappa shape index (κ1) is 19.2. The minimum atomic E-state index is -0.0192. The molecule has 0 aliphatic heterocycles. The lowest BCUT2D eigenvalue weighted by molar-refractivity contribution is -0.143. The molecule has 0 amide bonds. The number of hydrogen-bond donors (Lipinski definition) is 0. The zero-order valence-electron chi connectivity index (χ0n) is 13.7. The third kappa shape index (κ3) is 15.3. The summed E-state index contributed by atoms with van der Waals surface area (Å²) in [6.07, 6.45) is 18.3. The lowest BCUT2D eigenvalue weighted by Crippen LogP contribution is -2.05. The Bertz CT molecular complexity index is 234. The van der Waals surface area contributed by atoms with Crippen molar-refractivity contribution in [1.29, 1.82) is 0 Å². The molecule has 0 bridgehead atoms. The molecule has 0 saturated heterocycles. The fourth-order valence-electron chi connectivity index (χ4n) is 2.04. The van der Waals surface area contributed by atoms with E-state index in [1.54, 1.807) is 0 Å². The molecule has 0 N–H and O–H groups in total. The molecule has 118 valence electrons. The lowest BCUT2D eigenvalue weighted by atomic mass is 10.1. The molecule has 2 heteroatoms. The number of esters is 1. The van der Waals surface area contributed by atoms with Crippen molar-refractivity contribution in [2.75, 3.05) is 6.61 Å². The molecule has 0 radical (unpaired) electrons. The molecule has 0 aromatic carbocycles. The first-order valence-corrected chi connectivity index (χ1v) is 8.61. The minimum absolute atomic E-state index is 0.0192. The monoisotopic (exact) mass is 282 g/mol. The summed E-state index contributed by atoms with van der Waals surface area (Å²) in [5.41, 5.74) is 0. The van der Waals surface area contributed by atoms with Crippen LogP contribution in [-0.4, -0.2) is 12.6 Å². The summed E-state index contributed by atoms with van der Waals surface area (Å²) in [5.74, 6) is -0.0192. The number of rotatable bonds is 14.